The van der Waals surface area contributed by atoms with E-state index in [0.29, 0.717) is 5.69 Å². The number of nitrogens with zero attached hydrogens (tertiary/aromatic N) is 1. The van der Waals surface area contributed by atoms with Crippen molar-refractivity contribution >= 4 is 21.7 Å². The van der Waals surface area contributed by atoms with Crippen LogP contribution in [0.1, 0.15) is 13.3 Å². The average molecular weight is 286 g/mol. The molecule has 0 heterocycles. The van der Waals surface area contributed by atoms with Gasteiger partial charge in [0.15, 0.2) is 0 Å². The van der Waals surface area contributed by atoms with Crippen molar-refractivity contribution < 1.29 is 18.3 Å². The Morgan fingerprint density at radius 1 is 1.32 bits per heavy atom. The topological polar surface area (TPSA) is 86.7 Å². The molecule has 0 aliphatic rings. The summed E-state index contributed by atoms with van der Waals surface area (Å²) in [5.41, 5.74) is 0.687. The molecule has 1 rings (SSSR count). The molecule has 0 radical (unpaired) electrons. The van der Waals surface area contributed by atoms with Crippen LogP contribution in [-0.2, 0) is 14.8 Å². The van der Waals surface area contributed by atoms with E-state index >= 15 is 0 Å². The molecule has 0 fully saturated rings. The number of carboxylic acid groups (broad SMARTS) is 1. The number of hydrogen-bond acceptors (Lipinski definition) is 4. The second kappa shape index (κ2) is 6.03. The van der Waals surface area contributed by atoms with Crippen LogP contribution < -0.4 is 5.32 Å². The maximum Gasteiger partial charge on any atom is 0.305 e. The number of benzene rings is 1. The third kappa shape index (κ3) is 4.22. The average Bonchev–Trinajstić information content (AvgIpc) is 2.28. The molecule has 6 nitrogen and oxygen atoms in total. The fraction of sp³-hybridized carbons (Fsp3) is 0.417. The van der Waals surface area contributed by atoms with E-state index in [9.17, 15) is 13.2 Å². The highest BCUT2D eigenvalue weighted by Gasteiger charge is 2.16. The van der Waals surface area contributed by atoms with Gasteiger partial charge in [-0.25, -0.2) is 12.7 Å². The van der Waals surface area contributed by atoms with Crippen molar-refractivity contribution in [2.45, 2.75) is 24.3 Å². The first-order valence-electron chi connectivity index (χ1n) is 5.74. The molecule has 1 aromatic rings. The third-order valence-corrected chi connectivity index (χ3v) is 4.36. The van der Waals surface area contributed by atoms with Gasteiger partial charge in [0, 0.05) is 25.8 Å². The fourth-order valence-electron chi connectivity index (χ4n) is 1.53. The van der Waals surface area contributed by atoms with E-state index in [4.69, 9.17) is 5.11 Å². The molecule has 1 atom stereocenters. The summed E-state index contributed by atoms with van der Waals surface area (Å²) in [4.78, 5) is 10.7. The van der Waals surface area contributed by atoms with E-state index in [1.807, 2.05) is 0 Å². The molecule has 0 amide bonds. The highest BCUT2D eigenvalue weighted by atomic mass is 32.2. The lowest BCUT2D eigenvalue weighted by atomic mass is 10.2. The van der Waals surface area contributed by atoms with E-state index in [1.165, 1.54) is 26.2 Å². The van der Waals surface area contributed by atoms with Crippen LogP contribution in [-0.4, -0.2) is 43.9 Å². The molecule has 19 heavy (non-hydrogen) atoms. The number of nitrogens with one attached hydrogen (secondary N) is 1. The van der Waals surface area contributed by atoms with Gasteiger partial charge in [0.1, 0.15) is 0 Å². The minimum absolute atomic E-state index is 0.00223. The smallest absolute Gasteiger partial charge is 0.305 e. The second-order valence-corrected chi connectivity index (χ2v) is 6.61. The van der Waals surface area contributed by atoms with Crippen LogP contribution in [0, 0.1) is 0 Å². The summed E-state index contributed by atoms with van der Waals surface area (Å²) in [7, 11) is -0.492. The second-order valence-electron chi connectivity index (χ2n) is 4.46. The molecular weight excluding hydrogens is 268 g/mol. The molecule has 2 N–H and O–H groups in total. The molecule has 0 aliphatic heterocycles. The van der Waals surface area contributed by atoms with Gasteiger partial charge in [0.2, 0.25) is 10.0 Å². The third-order valence-electron chi connectivity index (χ3n) is 2.53. The first kappa shape index (κ1) is 15.5. The van der Waals surface area contributed by atoms with Crippen LogP contribution in [0.4, 0.5) is 5.69 Å². The lowest BCUT2D eigenvalue weighted by Gasteiger charge is -2.15. The lowest BCUT2D eigenvalue weighted by molar-refractivity contribution is -0.137. The SMILES string of the molecule is CC(CC(=O)O)Nc1ccc(S(=O)(=O)N(C)C)cc1. The molecular formula is C12H18N2O4S. The van der Waals surface area contributed by atoms with Gasteiger partial charge in [-0.2, -0.15) is 0 Å². The predicted molar refractivity (Wildman–Crippen MR) is 72.7 cm³/mol. The highest BCUT2D eigenvalue weighted by molar-refractivity contribution is 7.89. The Hall–Kier alpha value is -1.60. The summed E-state index contributed by atoms with van der Waals surface area (Å²) in [6.07, 6.45) is -0.00223. The molecule has 0 bridgehead atoms. The standard InChI is InChI=1S/C12H18N2O4S/c1-9(8-12(15)16)13-10-4-6-11(7-5-10)19(17,18)14(2)3/h4-7,9,13H,8H2,1-3H3,(H,15,16). The first-order chi connectivity index (χ1) is 8.73. The van der Waals surface area contributed by atoms with E-state index in [0.717, 1.165) is 4.31 Å². The molecule has 1 unspecified atom stereocenters. The van der Waals surface area contributed by atoms with Crippen LogP contribution in [0.25, 0.3) is 0 Å². The van der Waals surface area contributed by atoms with Crippen molar-refractivity contribution in [1.82, 2.24) is 4.31 Å². The summed E-state index contributed by atoms with van der Waals surface area (Å²) < 4.78 is 24.8. The molecule has 0 saturated heterocycles. The van der Waals surface area contributed by atoms with Crippen molar-refractivity contribution in [2.24, 2.45) is 0 Å². The maximum atomic E-state index is 11.8. The van der Waals surface area contributed by atoms with Crippen LogP contribution in [0.5, 0.6) is 0 Å². The number of carboxylic acids is 1. The van der Waals surface area contributed by atoms with Gasteiger partial charge < -0.3 is 10.4 Å². The van der Waals surface area contributed by atoms with Gasteiger partial charge in [-0.3, -0.25) is 4.79 Å². The van der Waals surface area contributed by atoms with Gasteiger partial charge >= 0.3 is 5.97 Å². The van der Waals surface area contributed by atoms with Gasteiger partial charge in [-0.1, -0.05) is 0 Å². The normalized spacial score (nSPS) is 13.3. The van der Waals surface area contributed by atoms with Crippen LogP contribution in [0.3, 0.4) is 0 Å². The van der Waals surface area contributed by atoms with E-state index in [2.05, 4.69) is 5.32 Å². The summed E-state index contributed by atoms with van der Waals surface area (Å²) in [5, 5.41) is 11.6. The van der Waals surface area contributed by atoms with Crippen molar-refractivity contribution in [3.63, 3.8) is 0 Å². The Balaban J connectivity index is 2.80. The number of hydrogen-bond donors (Lipinski definition) is 2. The van der Waals surface area contributed by atoms with Crippen molar-refractivity contribution in [2.75, 3.05) is 19.4 Å². The van der Waals surface area contributed by atoms with Crippen molar-refractivity contribution in [3.8, 4) is 0 Å². The Kier molecular flexibility index (Phi) is 4.90. The van der Waals surface area contributed by atoms with E-state index in [1.54, 1.807) is 19.1 Å². The Labute approximate surface area is 113 Å². The van der Waals surface area contributed by atoms with Crippen LogP contribution in [0.15, 0.2) is 29.2 Å². The molecule has 106 valence electrons. The number of rotatable bonds is 6. The molecule has 0 saturated carbocycles. The predicted octanol–water partition coefficient (Wildman–Crippen LogP) is 1.21. The zero-order valence-corrected chi connectivity index (χ0v) is 11.9. The summed E-state index contributed by atoms with van der Waals surface area (Å²) in [6, 6.07) is 5.99. The summed E-state index contributed by atoms with van der Waals surface area (Å²) in [6.45, 7) is 1.75. The van der Waals surface area contributed by atoms with Gasteiger partial charge in [-0.05, 0) is 31.2 Å². The monoisotopic (exact) mass is 286 g/mol. The zero-order chi connectivity index (χ0) is 14.6. The highest BCUT2D eigenvalue weighted by Crippen LogP contribution is 2.17. The van der Waals surface area contributed by atoms with Gasteiger partial charge in [0.25, 0.3) is 0 Å². The van der Waals surface area contributed by atoms with Crippen LogP contribution in [0.2, 0.25) is 0 Å². The Morgan fingerprint density at radius 3 is 2.26 bits per heavy atom. The molecule has 1 aromatic carbocycles. The number of sulfonamides is 1. The molecule has 7 heteroatoms. The maximum absolute atomic E-state index is 11.8. The molecule has 0 spiro atoms. The van der Waals surface area contributed by atoms with Gasteiger partial charge in [-0.15, -0.1) is 0 Å². The lowest BCUT2D eigenvalue weighted by Crippen LogP contribution is -2.22. The Morgan fingerprint density at radius 2 is 1.84 bits per heavy atom. The van der Waals surface area contributed by atoms with E-state index < -0.39 is 16.0 Å². The molecule has 0 aliphatic carbocycles. The Bertz CT molecular complexity index is 537. The first-order valence-corrected chi connectivity index (χ1v) is 7.18. The van der Waals surface area contributed by atoms with Crippen molar-refractivity contribution in [3.05, 3.63) is 24.3 Å². The number of aliphatic carboxylic acids is 1. The number of carbonyl (C=O) groups is 1. The minimum Gasteiger partial charge on any atom is -0.481 e. The molecule has 0 aromatic heterocycles. The van der Waals surface area contributed by atoms with Crippen LogP contribution >= 0.6 is 0 Å². The van der Waals surface area contributed by atoms with Gasteiger partial charge in [0.05, 0.1) is 11.3 Å². The fourth-order valence-corrected chi connectivity index (χ4v) is 2.43. The zero-order valence-electron chi connectivity index (χ0n) is 11.1. The summed E-state index contributed by atoms with van der Waals surface area (Å²) >= 11 is 0. The minimum atomic E-state index is -3.43. The summed E-state index contributed by atoms with van der Waals surface area (Å²) in [5.74, 6) is -0.883. The largest absolute Gasteiger partial charge is 0.481 e. The quantitative estimate of drug-likeness (QED) is 0.821. The van der Waals surface area contributed by atoms with E-state index in [-0.39, 0.29) is 17.4 Å². The number of anilines is 1. The van der Waals surface area contributed by atoms with Crippen molar-refractivity contribution in [1.29, 1.82) is 0 Å².